The molecule has 1 aliphatic rings. The maximum atomic E-state index is 12.7. The third-order valence-corrected chi connectivity index (χ3v) is 10.5. The van der Waals surface area contributed by atoms with Gasteiger partial charge in [-0.2, -0.15) is 0 Å². The largest absolute Gasteiger partial charge is 0.462 e. The predicted molar refractivity (Wildman–Crippen MR) is 216 cm³/mol. The fourth-order valence-electron chi connectivity index (χ4n) is 7.07. The molecule has 1 atom stereocenters. The van der Waals surface area contributed by atoms with E-state index in [1.54, 1.807) is 0 Å². The zero-order valence-electron chi connectivity index (χ0n) is 34.5. The summed E-state index contributed by atoms with van der Waals surface area (Å²) in [7, 11) is 1.99. The van der Waals surface area contributed by atoms with Gasteiger partial charge in [-0.1, -0.05) is 194 Å². The van der Waals surface area contributed by atoms with E-state index >= 15 is 0 Å². The van der Waals surface area contributed by atoms with Gasteiger partial charge in [0.25, 0.3) is 0 Å². The Bertz CT molecular complexity index is 834. The number of carbonyl (C=O) groups is 3. The Morgan fingerprint density at radius 2 is 0.827 bits per heavy atom. The zero-order chi connectivity index (χ0) is 37.7. The van der Waals surface area contributed by atoms with Crippen molar-refractivity contribution in [2.75, 3.05) is 33.4 Å². The van der Waals surface area contributed by atoms with Gasteiger partial charge in [0.15, 0.2) is 6.10 Å². The highest BCUT2D eigenvalue weighted by Gasteiger charge is 2.26. The lowest BCUT2D eigenvalue weighted by Crippen LogP contribution is -2.57. The number of ether oxygens (including phenoxy) is 3. The molecule has 0 radical (unpaired) electrons. The summed E-state index contributed by atoms with van der Waals surface area (Å²) in [6.07, 6.45) is 37.6. The molecule has 0 spiro atoms. The van der Waals surface area contributed by atoms with Gasteiger partial charge in [0, 0.05) is 25.9 Å². The Balaban J connectivity index is 2.15. The topological polar surface area (TPSA) is 94.2 Å². The van der Waals surface area contributed by atoms with Crippen LogP contribution in [0.4, 0.5) is 4.79 Å². The van der Waals surface area contributed by atoms with Crippen molar-refractivity contribution in [3.63, 3.8) is 0 Å². The lowest BCUT2D eigenvalue weighted by atomic mass is 10.0. The Morgan fingerprint density at radius 3 is 1.19 bits per heavy atom. The van der Waals surface area contributed by atoms with Crippen LogP contribution >= 0.6 is 0 Å². The first-order valence-corrected chi connectivity index (χ1v) is 22.4. The van der Waals surface area contributed by atoms with Crippen molar-refractivity contribution in [3.8, 4) is 0 Å². The molecular weight excluding hydrogens is 652 g/mol. The van der Waals surface area contributed by atoms with Crippen LogP contribution in [0, 0.1) is 0 Å². The number of likely N-dealkylation sites (tertiary alicyclic amines) is 1. The molecule has 52 heavy (non-hydrogen) atoms. The number of nitrogens with one attached hydrogen (secondary N) is 1. The Kier molecular flexibility index (Phi) is 33.5. The van der Waals surface area contributed by atoms with Crippen LogP contribution < -0.4 is 5.32 Å². The Hall–Kier alpha value is -1.83. The van der Waals surface area contributed by atoms with E-state index in [1.807, 2.05) is 7.05 Å². The average molecular weight is 737 g/mol. The molecule has 1 unspecified atom stereocenters. The van der Waals surface area contributed by atoms with Gasteiger partial charge in [0.1, 0.15) is 13.2 Å². The average Bonchev–Trinajstić information content (AvgIpc) is 3.12. The fourth-order valence-corrected chi connectivity index (χ4v) is 7.07. The van der Waals surface area contributed by atoms with E-state index in [-0.39, 0.29) is 31.2 Å². The summed E-state index contributed by atoms with van der Waals surface area (Å²) < 4.78 is 16.5. The van der Waals surface area contributed by atoms with Crippen molar-refractivity contribution >= 4 is 18.0 Å². The summed E-state index contributed by atoms with van der Waals surface area (Å²) in [5, 5.41) is 2.82. The Morgan fingerprint density at radius 1 is 0.500 bits per heavy atom. The van der Waals surface area contributed by atoms with Crippen LogP contribution in [-0.4, -0.2) is 68.4 Å². The molecule has 1 aliphatic heterocycles. The first-order valence-electron chi connectivity index (χ1n) is 22.4. The van der Waals surface area contributed by atoms with Crippen molar-refractivity contribution in [1.29, 1.82) is 0 Å². The molecule has 1 rings (SSSR count). The molecule has 1 saturated heterocycles. The third kappa shape index (κ3) is 31.7. The van der Waals surface area contributed by atoms with E-state index < -0.39 is 12.2 Å². The molecule has 8 heteroatoms. The number of hydrogen-bond acceptors (Lipinski definition) is 7. The summed E-state index contributed by atoms with van der Waals surface area (Å²) >= 11 is 0. The SMILES string of the molecule is CCCCCCCCCCCCCCCCCC(=O)OCC(COC(=O)NC1CN(C)C1)OC(=O)CCCCCCCCCCCCCCCCC. The van der Waals surface area contributed by atoms with Gasteiger partial charge in [-0.15, -0.1) is 0 Å². The number of rotatable bonds is 38. The van der Waals surface area contributed by atoms with Crippen molar-refractivity contribution in [2.24, 2.45) is 0 Å². The van der Waals surface area contributed by atoms with Crippen LogP contribution in [-0.2, 0) is 23.8 Å². The van der Waals surface area contributed by atoms with Crippen LogP contribution in [0.2, 0.25) is 0 Å². The molecule has 1 N–H and O–H groups in total. The van der Waals surface area contributed by atoms with Gasteiger partial charge < -0.3 is 24.4 Å². The molecule has 0 bridgehead atoms. The van der Waals surface area contributed by atoms with Gasteiger partial charge >= 0.3 is 18.0 Å². The van der Waals surface area contributed by atoms with Gasteiger partial charge in [-0.05, 0) is 19.9 Å². The smallest absolute Gasteiger partial charge is 0.407 e. The highest BCUT2D eigenvalue weighted by atomic mass is 16.6. The van der Waals surface area contributed by atoms with E-state index in [1.165, 1.54) is 154 Å². The molecule has 1 heterocycles. The molecule has 0 aromatic heterocycles. The van der Waals surface area contributed by atoms with Gasteiger partial charge in [0.2, 0.25) is 0 Å². The molecule has 0 aromatic carbocycles. The maximum absolute atomic E-state index is 12.7. The zero-order valence-corrected chi connectivity index (χ0v) is 34.5. The number of nitrogens with zero attached hydrogens (tertiary/aromatic N) is 1. The summed E-state index contributed by atoms with van der Waals surface area (Å²) in [4.78, 5) is 39.5. The second kappa shape index (κ2) is 36.2. The third-order valence-electron chi connectivity index (χ3n) is 10.5. The lowest BCUT2D eigenvalue weighted by molar-refractivity contribution is -0.161. The van der Waals surface area contributed by atoms with Crippen LogP contribution in [0.15, 0.2) is 0 Å². The second-order valence-electron chi connectivity index (χ2n) is 15.9. The minimum absolute atomic E-state index is 0.0661. The van der Waals surface area contributed by atoms with Crippen LogP contribution in [0.1, 0.15) is 219 Å². The number of alkyl carbamates (subject to hydrolysis) is 1. The number of likely N-dealkylation sites (N-methyl/N-ethyl adjacent to an activating group) is 1. The van der Waals surface area contributed by atoms with Gasteiger partial charge in [-0.3, -0.25) is 9.59 Å². The number of esters is 2. The summed E-state index contributed by atoms with van der Waals surface area (Å²) in [6.45, 7) is 5.87. The van der Waals surface area contributed by atoms with Crippen molar-refractivity contribution in [3.05, 3.63) is 0 Å². The lowest BCUT2D eigenvalue weighted by Gasteiger charge is -2.36. The van der Waals surface area contributed by atoms with E-state index in [2.05, 4.69) is 24.1 Å². The van der Waals surface area contributed by atoms with E-state index in [0.29, 0.717) is 12.8 Å². The van der Waals surface area contributed by atoms with Gasteiger partial charge in [0.05, 0.1) is 6.04 Å². The quantitative estimate of drug-likeness (QED) is 0.0383. The summed E-state index contributed by atoms with van der Waals surface area (Å²) in [6, 6.07) is 0.0661. The fraction of sp³-hybridized carbons (Fsp3) is 0.932. The van der Waals surface area contributed by atoms with Gasteiger partial charge in [-0.25, -0.2) is 4.79 Å². The van der Waals surface area contributed by atoms with Crippen molar-refractivity contribution in [1.82, 2.24) is 10.2 Å². The summed E-state index contributed by atoms with van der Waals surface area (Å²) in [5.41, 5.74) is 0. The first kappa shape index (κ1) is 48.2. The van der Waals surface area contributed by atoms with Crippen molar-refractivity contribution in [2.45, 2.75) is 231 Å². The molecule has 8 nitrogen and oxygen atoms in total. The monoisotopic (exact) mass is 737 g/mol. The number of carbonyl (C=O) groups excluding carboxylic acids is 3. The number of amides is 1. The second-order valence-corrected chi connectivity index (χ2v) is 15.9. The minimum atomic E-state index is -0.802. The summed E-state index contributed by atoms with van der Waals surface area (Å²) in [5.74, 6) is -0.622. The molecule has 1 amide bonds. The molecular formula is C44H84N2O6. The maximum Gasteiger partial charge on any atom is 0.407 e. The molecule has 306 valence electrons. The standard InChI is InChI=1S/C44H84N2O6/c1-4-6-8-10-12-14-16-18-20-22-24-26-28-30-32-34-42(47)50-38-41(39-51-44(49)45-40-36-46(3)37-40)52-43(48)35-33-31-29-27-25-23-21-19-17-15-13-11-9-7-5-2/h40-41H,4-39H2,1-3H3,(H,45,49). The van der Waals surface area contributed by atoms with Crippen LogP contribution in [0.5, 0.6) is 0 Å². The van der Waals surface area contributed by atoms with E-state index in [0.717, 1.165) is 51.6 Å². The van der Waals surface area contributed by atoms with Crippen LogP contribution in [0.3, 0.4) is 0 Å². The molecule has 0 aromatic rings. The molecule has 1 fully saturated rings. The van der Waals surface area contributed by atoms with Crippen molar-refractivity contribution < 1.29 is 28.6 Å². The predicted octanol–water partition coefficient (Wildman–Crippen LogP) is 12.0. The highest BCUT2D eigenvalue weighted by molar-refractivity contribution is 5.70. The van der Waals surface area contributed by atoms with Crippen LogP contribution in [0.25, 0.3) is 0 Å². The highest BCUT2D eigenvalue weighted by Crippen LogP contribution is 2.16. The molecule has 0 aliphatic carbocycles. The normalized spacial score (nSPS) is 13.8. The van der Waals surface area contributed by atoms with E-state index in [9.17, 15) is 14.4 Å². The number of unbranched alkanes of at least 4 members (excludes halogenated alkanes) is 28. The molecule has 0 saturated carbocycles. The minimum Gasteiger partial charge on any atom is -0.462 e. The Labute approximate surface area is 321 Å². The first-order chi connectivity index (χ1) is 25.4. The number of hydrogen-bond donors (Lipinski definition) is 1. The van der Waals surface area contributed by atoms with E-state index in [4.69, 9.17) is 14.2 Å².